The highest BCUT2D eigenvalue weighted by Gasteiger charge is 2.33. The summed E-state index contributed by atoms with van der Waals surface area (Å²) >= 11 is 0. The summed E-state index contributed by atoms with van der Waals surface area (Å²) in [5.41, 5.74) is 3.27. The molecule has 144 valence electrons. The fourth-order valence-electron chi connectivity index (χ4n) is 3.53. The van der Waals surface area contributed by atoms with Crippen molar-refractivity contribution in [2.45, 2.75) is 19.4 Å². The molecule has 0 saturated heterocycles. The van der Waals surface area contributed by atoms with Crippen LogP contribution in [0.3, 0.4) is 0 Å². The highest BCUT2D eigenvalue weighted by molar-refractivity contribution is 6.05. The molecule has 0 spiro atoms. The summed E-state index contributed by atoms with van der Waals surface area (Å²) in [6, 6.07) is 11.2. The molecule has 0 N–H and O–H groups in total. The Morgan fingerprint density at radius 3 is 2.57 bits per heavy atom. The van der Waals surface area contributed by atoms with Gasteiger partial charge in [0.25, 0.3) is 5.91 Å². The normalized spacial score (nSPS) is 17.5. The highest BCUT2D eigenvalue weighted by Crippen LogP contribution is 2.39. The van der Waals surface area contributed by atoms with E-state index in [1.807, 2.05) is 43.6 Å². The molecular weight excluding hydrogens is 356 g/mol. The van der Waals surface area contributed by atoms with E-state index in [0.717, 1.165) is 16.9 Å². The van der Waals surface area contributed by atoms with Crippen molar-refractivity contribution in [3.8, 4) is 17.2 Å². The molecular formula is C22H22N2O4. The van der Waals surface area contributed by atoms with Gasteiger partial charge in [-0.15, -0.1) is 0 Å². The first kappa shape index (κ1) is 18.1. The molecule has 0 saturated carbocycles. The van der Waals surface area contributed by atoms with Gasteiger partial charge in [0.1, 0.15) is 5.75 Å². The molecule has 0 bridgehead atoms. The number of carbonyl (C=O) groups is 1. The van der Waals surface area contributed by atoms with Gasteiger partial charge in [-0.1, -0.05) is 12.1 Å². The fraction of sp³-hybridized carbons (Fsp3) is 0.273. The van der Waals surface area contributed by atoms with Crippen LogP contribution in [0, 0.1) is 0 Å². The van der Waals surface area contributed by atoms with Crippen LogP contribution in [0.4, 0.5) is 5.69 Å². The molecule has 1 unspecified atom stereocenters. The van der Waals surface area contributed by atoms with Gasteiger partial charge in [-0.2, -0.15) is 0 Å². The van der Waals surface area contributed by atoms with Gasteiger partial charge in [-0.05, 0) is 36.3 Å². The number of aliphatic imine (C=N–C) groups is 1. The van der Waals surface area contributed by atoms with Gasteiger partial charge in [0.15, 0.2) is 11.5 Å². The molecule has 6 nitrogen and oxygen atoms in total. The fourth-order valence-corrected chi connectivity index (χ4v) is 3.53. The van der Waals surface area contributed by atoms with Crippen molar-refractivity contribution in [2.24, 2.45) is 4.99 Å². The highest BCUT2D eigenvalue weighted by atomic mass is 16.5. The Labute approximate surface area is 164 Å². The lowest BCUT2D eigenvalue weighted by molar-refractivity contribution is 0.0817. The summed E-state index contributed by atoms with van der Waals surface area (Å²) in [4.78, 5) is 19.5. The standard InChI is InChI=1S/C22H22N2O4/c1-4-28-21-11-19-18(10-20(21)27-3)22(25)24-13-15(9-16(24)12-23-19)14-5-7-17(26-2)8-6-14/h5-8,10-13,16H,4,9H2,1-3H3. The van der Waals surface area contributed by atoms with Crippen molar-refractivity contribution < 1.29 is 19.0 Å². The van der Waals surface area contributed by atoms with Crippen LogP contribution < -0.4 is 14.2 Å². The molecule has 0 aromatic heterocycles. The SMILES string of the molecule is CCOc1cc2c(cc1OC)C(=O)N1C=C(c3ccc(OC)cc3)CC1C=N2. The average Bonchev–Trinajstić information content (AvgIpc) is 3.11. The van der Waals surface area contributed by atoms with Gasteiger partial charge in [0, 0.05) is 24.9 Å². The van der Waals surface area contributed by atoms with Crippen molar-refractivity contribution in [1.82, 2.24) is 4.90 Å². The van der Waals surface area contributed by atoms with Crippen molar-refractivity contribution in [3.63, 3.8) is 0 Å². The number of carbonyl (C=O) groups excluding carboxylic acids is 1. The Morgan fingerprint density at radius 1 is 1.11 bits per heavy atom. The van der Waals surface area contributed by atoms with Gasteiger partial charge >= 0.3 is 0 Å². The zero-order chi connectivity index (χ0) is 19.7. The van der Waals surface area contributed by atoms with E-state index < -0.39 is 0 Å². The summed E-state index contributed by atoms with van der Waals surface area (Å²) in [5, 5.41) is 0. The molecule has 0 fully saturated rings. The van der Waals surface area contributed by atoms with Crippen LogP contribution in [0.1, 0.15) is 29.3 Å². The molecule has 0 aliphatic carbocycles. The second-order valence-corrected chi connectivity index (χ2v) is 6.60. The summed E-state index contributed by atoms with van der Waals surface area (Å²) in [6.07, 6.45) is 4.46. The molecule has 1 atom stereocenters. The smallest absolute Gasteiger partial charge is 0.260 e. The number of amides is 1. The molecule has 4 rings (SSSR count). The molecule has 6 heteroatoms. The van der Waals surface area contributed by atoms with Gasteiger partial charge in [0.05, 0.1) is 38.1 Å². The third-order valence-corrected chi connectivity index (χ3v) is 4.97. The van der Waals surface area contributed by atoms with Crippen molar-refractivity contribution in [2.75, 3.05) is 20.8 Å². The number of rotatable bonds is 5. The minimum absolute atomic E-state index is 0.0950. The van der Waals surface area contributed by atoms with Crippen molar-refractivity contribution in [1.29, 1.82) is 0 Å². The molecule has 2 aliphatic heterocycles. The monoisotopic (exact) mass is 378 g/mol. The number of methoxy groups -OCH3 is 2. The maximum absolute atomic E-state index is 13.2. The van der Waals surface area contributed by atoms with E-state index in [1.165, 1.54) is 0 Å². The van der Waals surface area contributed by atoms with E-state index in [4.69, 9.17) is 14.2 Å². The number of hydrogen-bond acceptors (Lipinski definition) is 5. The third-order valence-electron chi connectivity index (χ3n) is 4.97. The van der Waals surface area contributed by atoms with Crippen LogP contribution in [0.25, 0.3) is 5.57 Å². The second-order valence-electron chi connectivity index (χ2n) is 6.60. The Hall–Kier alpha value is -3.28. The van der Waals surface area contributed by atoms with Crippen LogP contribution in [0.5, 0.6) is 17.2 Å². The lowest BCUT2D eigenvalue weighted by atomic mass is 10.0. The maximum Gasteiger partial charge on any atom is 0.260 e. The first-order valence-electron chi connectivity index (χ1n) is 9.21. The average molecular weight is 378 g/mol. The Balaban J connectivity index is 1.69. The predicted molar refractivity (Wildman–Crippen MR) is 108 cm³/mol. The lowest BCUT2D eigenvalue weighted by Gasteiger charge is -2.19. The Kier molecular flexibility index (Phi) is 4.77. The van der Waals surface area contributed by atoms with Gasteiger partial charge in [0.2, 0.25) is 0 Å². The first-order chi connectivity index (χ1) is 13.6. The molecule has 28 heavy (non-hydrogen) atoms. The lowest BCUT2D eigenvalue weighted by Crippen LogP contribution is -2.32. The molecule has 1 amide bonds. The summed E-state index contributed by atoms with van der Waals surface area (Å²) in [7, 11) is 3.21. The van der Waals surface area contributed by atoms with Crippen LogP contribution in [0.2, 0.25) is 0 Å². The Bertz CT molecular complexity index is 963. The van der Waals surface area contributed by atoms with Gasteiger partial charge < -0.3 is 19.1 Å². The van der Waals surface area contributed by atoms with Gasteiger partial charge in [-0.25, -0.2) is 0 Å². The molecule has 0 radical (unpaired) electrons. The quantitative estimate of drug-likeness (QED) is 0.787. The third kappa shape index (κ3) is 3.11. The predicted octanol–water partition coefficient (Wildman–Crippen LogP) is 4.07. The van der Waals surface area contributed by atoms with Crippen LogP contribution in [-0.4, -0.2) is 43.9 Å². The molecule has 2 aromatic rings. The zero-order valence-corrected chi connectivity index (χ0v) is 16.1. The summed E-state index contributed by atoms with van der Waals surface area (Å²) < 4.78 is 16.2. The Morgan fingerprint density at radius 2 is 1.89 bits per heavy atom. The maximum atomic E-state index is 13.2. The minimum atomic E-state index is -0.112. The number of nitrogens with zero attached hydrogens (tertiary/aromatic N) is 2. The van der Waals surface area contributed by atoms with E-state index in [9.17, 15) is 4.79 Å². The molecule has 2 aromatic carbocycles. The van der Waals surface area contributed by atoms with Crippen molar-refractivity contribution in [3.05, 3.63) is 53.7 Å². The van der Waals surface area contributed by atoms with E-state index in [-0.39, 0.29) is 11.9 Å². The van der Waals surface area contributed by atoms with Crippen LogP contribution in [0.15, 0.2) is 47.6 Å². The van der Waals surface area contributed by atoms with E-state index in [1.54, 1.807) is 31.3 Å². The zero-order valence-electron chi connectivity index (χ0n) is 16.1. The molecule has 2 heterocycles. The van der Waals surface area contributed by atoms with Crippen LogP contribution in [-0.2, 0) is 0 Å². The van der Waals surface area contributed by atoms with E-state index in [0.29, 0.717) is 35.8 Å². The second kappa shape index (κ2) is 7.38. The first-order valence-corrected chi connectivity index (χ1v) is 9.21. The van der Waals surface area contributed by atoms with Gasteiger partial charge in [-0.3, -0.25) is 9.79 Å². The van der Waals surface area contributed by atoms with Crippen LogP contribution >= 0.6 is 0 Å². The molecule has 2 aliphatic rings. The topological polar surface area (TPSA) is 60.4 Å². The summed E-state index contributed by atoms with van der Waals surface area (Å²) in [6.45, 7) is 2.41. The number of fused-ring (bicyclic) bond motifs is 2. The number of benzene rings is 2. The summed E-state index contributed by atoms with van der Waals surface area (Å²) in [5.74, 6) is 1.83. The number of ether oxygens (including phenoxy) is 3. The number of hydrogen-bond donors (Lipinski definition) is 0. The largest absolute Gasteiger partial charge is 0.497 e. The van der Waals surface area contributed by atoms with E-state index in [2.05, 4.69) is 4.99 Å². The van der Waals surface area contributed by atoms with Crippen molar-refractivity contribution >= 4 is 23.4 Å². The minimum Gasteiger partial charge on any atom is -0.497 e. The van der Waals surface area contributed by atoms with E-state index >= 15 is 0 Å².